The van der Waals surface area contributed by atoms with Crippen molar-refractivity contribution >= 4 is 17.7 Å². The maximum Gasteiger partial charge on any atom is 0.304 e. The van der Waals surface area contributed by atoms with Gasteiger partial charge in [-0.1, -0.05) is 0 Å². The first-order valence-corrected chi connectivity index (χ1v) is 6.03. The molecule has 1 rings (SSSR count). The van der Waals surface area contributed by atoms with Crippen molar-refractivity contribution in [1.29, 1.82) is 0 Å². The lowest BCUT2D eigenvalue weighted by molar-refractivity contribution is -0.136. The summed E-state index contributed by atoms with van der Waals surface area (Å²) in [5, 5.41) is 8.57. The number of methoxy groups -OCH3 is 1. The highest BCUT2D eigenvalue weighted by Crippen LogP contribution is 2.32. The monoisotopic (exact) mass is 240 g/mol. The largest absolute Gasteiger partial charge is 0.496 e. The molecule has 4 heteroatoms. The molecule has 88 valence electrons. The molecule has 1 aromatic rings. The zero-order valence-corrected chi connectivity index (χ0v) is 10.6. The highest BCUT2D eigenvalue weighted by Gasteiger charge is 2.07. The molecule has 0 radical (unpaired) electrons. The van der Waals surface area contributed by atoms with Gasteiger partial charge in [0.1, 0.15) is 5.75 Å². The highest BCUT2D eigenvalue weighted by molar-refractivity contribution is 7.99. The second-order valence-corrected chi connectivity index (χ2v) is 4.72. The fourth-order valence-corrected chi connectivity index (χ4v) is 2.33. The maximum atomic E-state index is 10.4. The Labute approximate surface area is 99.8 Å². The summed E-state index contributed by atoms with van der Waals surface area (Å²) in [6, 6.07) is 4.03. The van der Waals surface area contributed by atoms with E-state index in [4.69, 9.17) is 9.84 Å². The van der Waals surface area contributed by atoms with Crippen LogP contribution in [0.3, 0.4) is 0 Å². The minimum absolute atomic E-state index is 0.167. The molecule has 3 nitrogen and oxygen atoms in total. The summed E-state index contributed by atoms with van der Waals surface area (Å²) < 4.78 is 5.27. The van der Waals surface area contributed by atoms with E-state index in [1.807, 2.05) is 26.0 Å². The fourth-order valence-electron chi connectivity index (χ4n) is 1.28. The molecular weight excluding hydrogens is 224 g/mol. The average molecular weight is 240 g/mol. The third-order valence-corrected chi connectivity index (χ3v) is 3.39. The second kappa shape index (κ2) is 5.80. The third-order valence-electron chi connectivity index (χ3n) is 2.35. The van der Waals surface area contributed by atoms with Gasteiger partial charge in [-0.05, 0) is 37.1 Å². The summed E-state index contributed by atoms with van der Waals surface area (Å²) in [4.78, 5) is 11.4. The van der Waals surface area contributed by atoms with Crippen LogP contribution in [0.4, 0.5) is 0 Å². The van der Waals surface area contributed by atoms with E-state index in [0.717, 1.165) is 10.6 Å². The Bertz CT molecular complexity index is 388. The van der Waals surface area contributed by atoms with Crippen LogP contribution in [0.25, 0.3) is 0 Å². The molecule has 1 aromatic carbocycles. The van der Waals surface area contributed by atoms with Gasteiger partial charge in [0.15, 0.2) is 0 Å². The van der Waals surface area contributed by atoms with Crippen LogP contribution < -0.4 is 4.74 Å². The number of aryl methyl sites for hydroxylation is 2. The van der Waals surface area contributed by atoms with Crippen LogP contribution in [0.2, 0.25) is 0 Å². The molecule has 0 spiro atoms. The third kappa shape index (κ3) is 3.45. The van der Waals surface area contributed by atoms with Crippen LogP contribution in [0.15, 0.2) is 17.0 Å². The molecule has 0 saturated carbocycles. The van der Waals surface area contributed by atoms with Gasteiger partial charge in [0, 0.05) is 10.6 Å². The first kappa shape index (κ1) is 12.9. The molecule has 1 N–H and O–H groups in total. The number of carboxylic acids is 1. The lowest BCUT2D eigenvalue weighted by Gasteiger charge is -2.10. The van der Waals surface area contributed by atoms with Gasteiger partial charge >= 0.3 is 5.97 Å². The van der Waals surface area contributed by atoms with Crippen LogP contribution in [0.1, 0.15) is 17.5 Å². The van der Waals surface area contributed by atoms with Gasteiger partial charge < -0.3 is 9.84 Å². The van der Waals surface area contributed by atoms with E-state index in [1.165, 1.54) is 22.9 Å². The molecule has 0 aliphatic rings. The molecule has 16 heavy (non-hydrogen) atoms. The SMILES string of the molecule is COc1cc(C)c(C)cc1SCCC(=O)O. The Morgan fingerprint density at radius 2 is 2.00 bits per heavy atom. The number of hydrogen-bond donors (Lipinski definition) is 1. The summed E-state index contributed by atoms with van der Waals surface area (Å²) in [7, 11) is 1.63. The van der Waals surface area contributed by atoms with Crippen LogP contribution >= 0.6 is 11.8 Å². The molecule has 0 aliphatic carbocycles. The number of benzene rings is 1. The van der Waals surface area contributed by atoms with Gasteiger partial charge in [0.05, 0.1) is 13.5 Å². The van der Waals surface area contributed by atoms with E-state index in [2.05, 4.69) is 0 Å². The zero-order chi connectivity index (χ0) is 12.1. The van der Waals surface area contributed by atoms with E-state index in [9.17, 15) is 4.79 Å². The molecule has 0 amide bonds. The van der Waals surface area contributed by atoms with Crippen molar-refractivity contribution in [3.8, 4) is 5.75 Å². The van der Waals surface area contributed by atoms with Crippen molar-refractivity contribution in [2.24, 2.45) is 0 Å². The van der Waals surface area contributed by atoms with E-state index >= 15 is 0 Å². The minimum Gasteiger partial charge on any atom is -0.496 e. The van der Waals surface area contributed by atoms with Crippen molar-refractivity contribution < 1.29 is 14.6 Å². The quantitative estimate of drug-likeness (QED) is 0.804. The van der Waals surface area contributed by atoms with Crippen molar-refractivity contribution in [2.75, 3.05) is 12.9 Å². The van der Waals surface area contributed by atoms with Gasteiger partial charge in [-0.15, -0.1) is 11.8 Å². The molecule has 0 bridgehead atoms. The first-order valence-electron chi connectivity index (χ1n) is 5.04. The van der Waals surface area contributed by atoms with Gasteiger partial charge in [0.25, 0.3) is 0 Å². The van der Waals surface area contributed by atoms with E-state index < -0.39 is 5.97 Å². The molecule has 0 aromatic heterocycles. The number of rotatable bonds is 5. The summed E-state index contributed by atoms with van der Waals surface area (Å²) in [5.74, 6) is 0.613. The van der Waals surface area contributed by atoms with Crippen LogP contribution in [0, 0.1) is 13.8 Å². The summed E-state index contributed by atoms with van der Waals surface area (Å²) in [5.41, 5.74) is 2.37. The molecule has 0 unspecified atom stereocenters. The predicted molar refractivity (Wildman–Crippen MR) is 65.4 cm³/mol. The minimum atomic E-state index is -0.768. The molecule has 0 aliphatic heterocycles. The predicted octanol–water partition coefficient (Wildman–Crippen LogP) is 2.88. The normalized spacial score (nSPS) is 10.2. The zero-order valence-electron chi connectivity index (χ0n) is 9.74. The average Bonchev–Trinajstić information content (AvgIpc) is 2.22. The second-order valence-electron chi connectivity index (χ2n) is 3.58. The highest BCUT2D eigenvalue weighted by atomic mass is 32.2. The van der Waals surface area contributed by atoms with Crippen LogP contribution in [0.5, 0.6) is 5.75 Å². The number of ether oxygens (including phenoxy) is 1. The standard InChI is InChI=1S/C12H16O3S/c1-8-6-10(15-3)11(7-9(8)2)16-5-4-12(13)14/h6-7H,4-5H2,1-3H3,(H,13,14). The number of aliphatic carboxylic acids is 1. The topological polar surface area (TPSA) is 46.5 Å². The number of thioether (sulfide) groups is 1. The molecule has 0 atom stereocenters. The smallest absolute Gasteiger partial charge is 0.304 e. The lowest BCUT2D eigenvalue weighted by atomic mass is 10.1. The van der Waals surface area contributed by atoms with Crippen molar-refractivity contribution in [3.63, 3.8) is 0 Å². The summed E-state index contributed by atoms with van der Waals surface area (Å²) >= 11 is 1.52. The van der Waals surface area contributed by atoms with Gasteiger partial charge in [-0.2, -0.15) is 0 Å². The Kier molecular flexibility index (Phi) is 4.68. The Hall–Kier alpha value is -1.16. The van der Waals surface area contributed by atoms with Gasteiger partial charge in [-0.3, -0.25) is 4.79 Å². The van der Waals surface area contributed by atoms with Crippen molar-refractivity contribution in [1.82, 2.24) is 0 Å². The first-order chi connectivity index (χ1) is 7.54. The lowest BCUT2D eigenvalue weighted by Crippen LogP contribution is -1.97. The maximum absolute atomic E-state index is 10.4. The Balaban J connectivity index is 2.77. The van der Waals surface area contributed by atoms with E-state index in [-0.39, 0.29) is 6.42 Å². The molecule has 0 heterocycles. The number of carboxylic acid groups (broad SMARTS) is 1. The Morgan fingerprint density at radius 1 is 1.38 bits per heavy atom. The van der Waals surface area contributed by atoms with Crippen molar-refractivity contribution in [2.45, 2.75) is 25.2 Å². The molecule has 0 fully saturated rings. The Morgan fingerprint density at radius 3 is 2.56 bits per heavy atom. The molecule has 0 saturated heterocycles. The molecular formula is C12H16O3S. The van der Waals surface area contributed by atoms with Crippen molar-refractivity contribution in [3.05, 3.63) is 23.3 Å². The van der Waals surface area contributed by atoms with Crippen LogP contribution in [-0.4, -0.2) is 23.9 Å². The fraction of sp³-hybridized carbons (Fsp3) is 0.417. The van der Waals surface area contributed by atoms with Gasteiger partial charge in [0.2, 0.25) is 0 Å². The number of carbonyl (C=O) groups is 1. The van der Waals surface area contributed by atoms with E-state index in [1.54, 1.807) is 7.11 Å². The van der Waals surface area contributed by atoms with Gasteiger partial charge in [-0.25, -0.2) is 0 Å². The van der Waals surface area contributed by atoms with E-state index in [0.29, 0.717) is 5.75 Å². The van der Waals surface area contributed by atoms with Crippen LogP contribution in [-0.2, 0) is 4.79 Å². The number of hydrogen-bond acceptors (Lipinski definition) is 3. The summed E-state index contributed by atoms with van der Waals surface area (Å²) in [6.07, 6.45) is 0.167. The summed E-state index contributed by atoms with van der Waals surface area (Å²) in [6.45, 7) is 4.07.